The van der Waals surface area contributed by atoms with Gasteiger partial charge in [0.25, 0.3) is 0 Å². The number of benzene rings is 2. The van der Waals surface area contributed by atoms with Crippen molar-refractivity contribution >= 4 is 11.6 Å². The summed E-state index contributed by atoms with van der Waals surface area (Å²) in [4.78, 5) is 8.78. The van der Waals surface area contributed by atoms with E-state index in [2.05, 4.69) is 20.6 Å². The van der Waals surface area contributed by atoms with E-state index in [0.717, 1.165) is 16.9 Å². The highest BCUT2D eigenvalue weighted by Gasteiger charge is 2.14. The number of aryl methyl sites for hydroxylation is 1. The Morgan fingerprint density at radius 1 is 1.03 bits per heavy atom. The molecule has 0 bridgehead atoms. The maximum Gasteiger partial charge on any atom is 0.226 e. The topological polar surface area (TPSA) is 90.1 Å². The lowest BCUT2D eigenvalue weighted by molar-refractivity contribution is 0.324. The largest absolute Gasteiger partial charge is 0.493 e. The van der Waals surface area contributed by atoms with E-state index in [1.807, 2.05) is 31.2 Å². The summed E-state index contributed by atoms with van der Waals surface area (Å²) in [6, 6.07) is 11.6. The molecular formula is C22H26N4O4. The predicted octanol–water partition coefficient (Wildman–Crippen LogP) is 3.86. The van der Waals surface area contributed by atoms with Crippen molar-refractivity contribution in [3.8, 4) is 28.7 Å². The number of aliphatic imine (C=N–C) groups is 1. The van der Waals surface area contributed by atoms with E-state index in [1.54, 1.807) is 46.8 Å². The Labute approximate surface area is 175 Å². The van der Waals surface area contributed by atoms with E-state index < -0.39 is 0 Å². The molecule has 8 heteroatoms. The van der Waals surface area contributed by atoms with E-state index >= 15 is 0 Å². The number of nitrogens with one attached hydrogen (secondary N) is 2. The third kappa shape index (κ3) is 4.83. The standard InChI is InChI=1S/C22H26N4O4/c1-14-6-8-15(9-7-14)21-25-17(13-30-21)12-24-22(23-2)26-16-10-18(27-3)20(29-5)19(11-16)28-4/h6-11,13H,12H2,1-5H3,(H2,23,24,26). The van der Waals surface area contributed by atoms with Crippen molar-refractivity contribution < 1.29 is 18.6 Å². The van der Waals surface area contributed by atoms with Crippen molar-refractivity contribution in [2.45, 2.75) is 13.5 Å². The Balaban J connectivity index is 1.68. The van der Waals surface area contributed by atoms with Gasteiger partial charge >= 0.3 is 0 Å². The second-order valence-electron chi connectivity index (χ2n) is 6.47. The average molecular weight is 410 g/mol. The number of guanidine groups is 1. The second-order valence-corrected chi connectivity index (χ2v) is 6.47. The fourth-order valence-corrected chi connectivity index (χ4v) is 2.86. The molecule has 3 aromatic rings. The summed E-state index contributed by atoms with van der Waals surface area (Å²) in [5, 5.41) is 6.42. The van der Waals surface area contributed by atoms with Gasteiger partial charge in [-0.25, -0.2) is 4.98 Å². The minimum Gasteiger partial charge on any atom is -0.493 e. The van der Waals surface area contributed by atoms with Crippen molar-refractivity contribution in [2.75, 3.05) is 33.7 Å². The Kier molecular flexibility index (Phi) is 6.79. The Hall–Kier alpha value is -3.68. The first-order valence-corrected chi connectivity index (χ1v) is 9.37. The van der Waals surface area contributed by atoms with Crippen LogP contribution in [0, 0.1) is 6.92 Å². The maximum absolute atomic E-state index is 5.60. The first-order chi connectivity index (χ1) is 14.6. The van der Waals surface area contributed by atoms with Crippen LogP contribution in [-0.2, 0) is 6.54 Å². The zero-order valence-corrected chi connectivity index (χ0v) is 17.8. The van der Waals surface area contributed by atoms with E-state index in [9.17, 15) is 0 Å². The smallest absolute Gasteiger partial charge is 0.226 e. The third-order valence-electron chi connectivity index (χ3n) is 4.44. The van der Waals surface area contributed by atoms with Gasteiger partial charge in [0.2, 0.25) is 11.6 Å². The molecule has 8 nitrogen and oxygen atoms in total. The zero-order valence-electron chi connectivity index (χ0n) is 17.8. The molecule has 0 aliphatic rings. The van der Waals surface area contributed by atoms with Crippen molar-refractivity contribution in [1.82, 2.24) is 10.3 Å². The van der Waals surface area contributed by atoms with Crippen LogP contribution in [-0.4, -0.2) is 39.3 Å². The molecule has 0 saturated carbocycles. The summed E-state index contributed by atoms with van der Waals surface area (Å²) < 4.78 is 21.7. The lowest BCUT2D eigenvalue weighted by atomic mass is 10.1. The molecule has 1 heterocycles. The van der Waals surface area contributed by atoms with Crippen LogP contribution in [0.15, 0.2) is 52.1 Å². The molecular weight excluding hydrogens is 384 g/mol. The monoisotopic (exact) mass is 410 g/mol. The summed E-state index contributed by atoms with van der Waals surface area (Å²) in [6.45, 7) is 2.49. The summed E-state index contributed by atoms with van der Waals surface area (Å²) in [6.07, 6.45) is 1.63. The van der Waals surface area contributed by atoms with E-state index in [1.165, 1.54) is 5.56 Å². The van der Waals surface area contributed by atoms with Gasteiger partial charge in [-0.1, -0.05) is 17.7 Å². The molecule has 0 aliphatic carbocycles. The average Bonchev–Trinajstić information content (AvgIpc) is 3.25. The lowest BCUT2D eigenvalue weighted by Gasteiger charge is -2.16. The van der Waals surface area contributed by atoms with E-state index in [4.69, 9.17) is 18.6 Å². The number of anilines is 1. The van der Waals surface area contributed by atoms with Crippen LogP contribution < -0.4 is 24.8 Å². The summed E-state index contributed by atoms with van der Waals surface area (Å²) in [5.41, 5.74) is 3.62. The van der Waals surface area contributed by atoms with Crippen LogP contribution in [0.1, 0.15) is 11.3 Å². The van der Waals surface area contributed by atoms with Gasteiger partial charge in [0, 0.05) is 30.4 Å². The molecule has 0 saturated heterocycles. The van der Waals surface area contributed by atoms with Crippen LogP contribution in [0.3, 0.4) is 0 Å². The SMILES string of the molecule is CN=C(NCc1coc(-c2ccc(C)cc2)n1)Nc1cc(OC)c(OC)c(OC)c1. The number of nitrogens with zero attached hydrogens (tertiary/aromatic N) is 2. The van der Waals surface area contributed by atoms with Crippen molar-refractivity contribution in [3.05, 3.63) is 53.9 Å². The molecule has 0 spiro atoms. The molecule has 0 fully saturated rings. The summed E-state index contributed by atoms with van der Waals surface area (Å²) in [5.74, 6) is 2.77. The number of hydrogen-bond donors (Lipinski definition) is 2. The Morgan fingerprint density at radius 3 is 2.27 bits per heavy atom. The van der Waals surface area contributed by atoms with Crippen LogP contribution in [0.5, 0.6) is 17.2 Å². The minimum absolute atomic E-state index is 0.444. The Morgan fingerprint density at radius 2 is 1.70 bits per heavy atom. The molecule has 2 aromatic carbocycles. The molecule has 0 aliphatic heterocycles. The molecule has 158 valence electrons. The van der Waals surface area contributed by atoms with Gasteiger partial charge in [0.1, 0.15) is 6.26 Å². The quantitative estimate of drug-likeness (QED) is 0.451. The second kappa shape index (κ2) is 9.69. The zero-order chi connectivity index (χ0) is 21.5. The van der Waals surface area contributed by atoms with Crippen LogP contribution in [0.4, 0.5) is 5.69 Å². The highest BCUT2D eigenvalue weighted by Crippen LogP contribution is 2.39. The number of rotatable bonds is 7. The number of ether oxygens (including phenoxy) is 3. The van der Waals surface area contributed by atoms with Gasteiger partial charge in [-0.05, 0) is 19.1 Å². The minimum atomic E-state index is 0.444. The molecule has 0 radical (unpaired) electrons. The molecule has 0 unspecified atom stereocenters. The highest BCUT2D eigenvalue weighted by molar-refractivity contribution is 5.94. The fourth-order valence-electron chi connectivity index (χ4n) is 2.86. The molecule has 2 N–H and O–H groups in total. The first-order valence-electron chi connectivity index (χ1n) is 9.37. The predicted molar refractivity (Wildman–Crippen MR) is 117 cm³/mol. The summed E-state index contributed by atoms with van der Waals surface area (Å²) >= 11 is 0. The fraction of sp³-hybridized carbons (Fsp3) is 0.273. The molecule has 0 atom stereocenters. The van der Waals surface area contributed by atoms with Gasteiger partial charge in [0.05, 0.1) is 33.6 Å². The van der Waals surface area contributed by atoms with Crippen LogP contribution >= 0.6 is 0 Å². The number of methoxy groups -OCH3 is 3. The first kappa shape index (κ1) is 21.0. The van der Waals surface area contributed by atoms with Crippen molar-refractivity contribution in [1.29, 1.82) is 0 Å². The number of hydrogen-bond acceptors (Lipinski definition) is 6. The van der Waals surface area contributed by atoms with Gasteiger partial charge in [0.15, 0.2) is 17.5 Å². The molecule has 30 heavy (non-hydrogen) atoms. The van der Waals surface area contributed by atoms with Gasteiger partial charge in [-0.3, -0.25) is 4.99 Å². The molecule has 0 amide bonds. The van der Waals surface area contributed by atoms with Crippen molar-refractivity contribution in [3.63, 3.8) is 0 Å². The van der Waals surface area contributed by atoms with E-state index in [-0.39, 0.29) is 0 Å². The van der Waals surface area contributed by atoms with E-state index in [0.29, 0.717) is 35.6 Å². The normalized spacial score (nSPS) is 11.2. The lowest BCUT2D eigenvalue weighted by Crippen LogP contribution is -2.30. The summed E-state index contributed by atoms with van der Waals surface area (Å²) in [7, 11) is 6.40. The number of aromatic nitrogens is 1. The van der Waals surface area contributed by atoms with Crippen LogP contribution in [0.2, 0.25) is 0 Å². The third-order valence-corrected chi connectivity index (χ3v) is 4.44. The maximum atomic E-state index is 5.60. The van der Waals surface area contributed by atoms with Crippen LogP contribution in [0.25, 0.3) is 11.5 Å². The molecule has 1 aromatic heterocycles. The van der Waals surface area contributed by atoms with Crippen molar-refractivity contribution in [2.24, 2.45) is 4.99 Å². The highest BCUT2D eigenvalue weighted by atomic mass is 16.5. The number of oxazole rings is 1. The Bertz CT molecular complexity index is 987. The van der Waals surface area contributed by atoms with Gasteiger partial charge in [-0.2, -0.15) is 0 Å². The molecule has 3 rings (SSSR count). The van der Waals surface area contributed by atoms with Gasteiger partial charge in [-0.15, -0.1) is 0 Å². The van der Waals surface area contributed by atoms with Gasteiger partial charge < -0.3 is 29.3 Å².